The minimum absolute atomic E-state index is 0.0000515. The fraction of sp³-hybridized carbons (Fsp3) is 0.200. The standard InChI is InChI=1S/C15H13F2N7O3S/c1-3-27-15-18-10(17)7-11-19-14(21-24(11)15)28(25,26)22-13-12-8(16)5-4-6-9(12)23(2)20-13/h4-7H,3H2,1-2H3,(H,20,22). The molecule has 4 rings (SSSR count). The van der Waals surface area contributed by atoms with Gasteiger partial charge in [-0.25, -0.2) is 4.39 Å². The van der Waals surface area contributed by atoms with Crippen molar-refractivity contribution in [3.8, 4) is 6.01 Å². The summed E-state index contributed by atoms with van der Waals surface area (Å²) >= 11 is 0. The lowest BCUT2D eigenvalue weighted by molar-refractivity contribution is 0.296. The topological polar surface area (TPSA) is 116 Å². The largest absolute Gasteiger partial charge is 0.464 e. The van der Waals surface area contributed by atoms with Crippen LogP contribution >= 0.6 is 0 Å². The molecule has 1 aromatic carbocycles. The maximum absolute atomic E-state index is 14.2. The smallest absolute Gasteiger partial charge is 0.322 e. The summed E-state index contributed by atoms with van der Waals surface area (Å²) in [5.74, 6) is -1.77. The van der Waals surface area contributed by atoms with E-state index < -0.39 is 26.9 Å². The number of aryl methyl sites for hydroxylation is 1. The van der Waals surface area contributed by atoms with Gasteiger partial charge in [-0.2, -0.15) is 32.4 Å². The minimum atomic E-state index is -4.36. The van der Waals surface area contributed by atoms with Crippen molar-refractivity contribution in [2.45, 2.75) is 12.1 Å². The Bertz CT molecular complexity index is 1320. The Morgan fingerprint density at radius 3 is 2.75 bits per heavy atom. The van der Waals surface area contributed by atoms with Gasteiger partial charge in [0.25, 0.3) is 5.16 Å². The molecule has 0 atom stereocenters. The summed E-state index contributed by atoms with van der Waals surface area (Å²) in [5.41, 5.74) is 0.277. The average Bonchev–Trinajstić information content (AvgIpc) is 3.18. The van der Waals surface area contributed by atoms with Gasteiger partial charge in [0.2, 0.25) is 5.95 Å². The molecular weight excluding hydrogens is 396 g/mol. The van der Waals surface area contributed by atoms with E-state index in [0.717, 1.165) is 10.6 Å². The van der Waals surface area contributed by atoms with E-state index in [0.29, 0.717) is 5.52 Å². The Hall–Kier alpha value is -3.35. The van der Waals surface area contributed by atoms with Crippen LogP contribution in [0.25, 0.3) is 16.6 Å². The molecule has 0 spiro atoms. The summed E-state index contributed by atoms with van der Waals surface area (Å²) < 4.78 is 62.8. The molecule has 0 saturated heterocycles. The number of aromatic nitrogens is 6. The van der Waals surface area contributed by atoms with Crippen LogP contribution in [0.1, 0.15) is 6.92 Å². The molecule has 0 unspecified atom stereocenters. The molecule has 0 radical (unpaired) electrons. The normalized spacial score (nSPS) is 12.0. The van der Waals surface area contributed by atoms with Gasteiger partial charge in [0.05, 0.1) is 17.5 Å². The second-order valence-electron chi connectivity index (χ2n) is 5.67. The number of rotatable bonds is 5. The zero-order valence-electron chi connectivity index (χ0n) is 14.6. The summed E-state index contributed by atoms with van der Waals surface area (Å²) in [6.45, 7) is 1.81. The third-order valence-electron chi connectivity index (χ3n) is 3.82. The van der Waals surface area contributed by atoms with Crippen molar-refractivity contribution >= 4 is 32.4 Å². The van der Waals surface area contributed by atoms with Crippen molar-refractivity contribution < 1.29 is 21.9 Å². The van der Waals surface area contributed by atoms with Crippen LogP contribution in [0.5, 0.6) is 6.01 Å². The predicted molar refractivity (Wildman–Crippen MR) is 93.4 cm³/mol. The molecule has 0 amide bonds. The van der Waals surface area contributed by atoms with Crippen LogP contribution in [-0.2, 0) is 17.1 Å². The first-order chi connectivity index (χ1) is 13.3. The van der Waals surface area contributed by atoms with Crippen LogP contribution in [0.4, 0.5) is 14.6 Å². The number of nitrogens with one attached hydrogen (secondary N) is 1. The lowest BCUT2D eigenvalue weighted by Crippen LogP contribution is -2.16. The van der Waals surface area contributed by atoms with Crippen molar-refractivity contribution in [1.82, 2.24) is 29.4 Å². The van der Waals surface area contributed by atoms with Crippen molar-refractivity contribution in [2.24, 2.45) is 7.05 Å². The summed E-state index contributed by atoms with van der Waals surface area (Å²) in [6, 6.07) is 4.92. The lowest BCUT2D eigenvalue weighted by atomic mass is 10.2. The Balaban J connectivity index is 1.81. The summed E-state index contributed by atoms with van der Waals surface area (Å²) in [5, 5.41) is 7.16. The molecule has 3 aromatic heterocycles. The fourth-order valence-electron chi connectivity index (χ4n) is 2.67. The highest BCUT2D eigenvalue weighted by Gasteiger charge is 2.26. The third-order valence-corrected chi connectivity index (χ3v) is 4.93. The summed E-state index contributed by atoms with van der Waals surface area (Å²) in [6.07, 6.45) is 0. The van der Waals surface area contributed by atoms with Gasteiger partial charge in [0, 0.05) is 13.1 Å². The number of ether oxygens (including phenoxy) is 1. The van der Waals surface area contributed by atoms with Crippen molar-refractivity contribution in [1.29, 1.82) is 0 Å². The maximum atomic E-state index is 14.2. The number of benzene rings is 1. The highest BCUT2D eigenvalue weighted by atomic mass is 32.2. The fourth-order valence-corrected chi connectivity index (χ4v) is 3.56. The summed E-state index contributed by atoms with van der Waals surface area (Å²) in [4.78, 5) is 7.32. The van der Waals surface area contributed by atoms with Gasteiger partial charge in [-0.1, -0.05) is 6.07 Å². The van der Waals surface area contributed by atoms with E-state index >= 15 is 0 Å². The lowest BCUT2D eigenvalue weighted by Gasteiger charge is -2.03. The summed E-state index contributed by atoms with van der Waals surface area (Å²) in [7, 11) is -2.81. The molecule has 13 heteroatoms. The van der Waals surface area contributed by atoms with Gasteiger partial charge in [-0.3, -0.25) is 9.40 Å². The van der Waals surface area contributed by atoms with Gasteiger partial charge in [0.15, 0.2) is 11.5 Å². The molecule has 0 bridgehead atoms. The van der Waals surface area contributed by atoms with E-state index in [2.05, 4.69) is 24.9 Å². The van der Waals surface area contributed by atoms with Gasteiger partial charge in [-0.15, -0.1) is 5.10 Å². The van der Waals surface area contributed by atoms with Crippen molar-refractivity contribution in [2.75, 3.05) is 11.3 Å². The molecule has 0 saturated carbocycles. The zero-order valence-corrected chi connectivity index (χ0v) is 15.4. The minimum Gasteiger partial charge on any atom is -0.464 e. The molecule has 10 nitrogen and oxygen atoms in total. The Kier molecular flexibility index (Phi) is 4.10. The first-order valence-corrected chi connectivity index (χ1v) is 9.48. The second kappa shape index (κ2) is 6.37. The second-order valence-corrected chi connectivity index (χ2v) is 7.25. The van der Waals surface area contributed by atoms with E-state index in [1.54, 1.807) is 20.0 Å². The molecule has 3 heterocycles. The number of hydrogen-bond acceptors (Lipinski definition) is 7. The molecule has 0 fully saturated rings. The molecule has 4 aromatic rings. The molecule has 0 aliphatic heterocycles. The number of hydrogen-bond donors (Lipinski definition) is 1. The SMILES string of the molecule is CCOc1nc(F)cc2nc(S(=O)(=O)Nc3nn(C)c4cccc(F)c34)nn12. The van der Waals surface area contributed by atoms with Gasteiger partial charge in [-0.05, 0) is 19.1 Å². The first-order valence-electron chi connectivity index (χ1n) is 8.00. The zero-order chi connectivity index (χ0) is 20.1. The highest BCUT2D eigenvalue weighted by Crippen LogP contribution is 2.27. The van der Waals surface area contributed by atoms with Crippen molar-refractivity contribution in [3.05, 3.63) is 36.0 Å². The Morgan fingerprint density at radius 2 is 2.00 bits per heavy atom. The van der Waals surface area contributed by atoms with Crippen LogP contribution in [0, 0.1) is 11.8 Å². The Labute approximate surface area is 156 Å². The predicted octanol–water partition coefficient (Wildman–Crippen LogP) is 1.49. The first kappa shape index (κ1) is 18.0. The van der Waals surface area contributed by atoms with Crippen molar-refractivity contribution in [3.63, 3.8) is 0 Å². The van der Waals surface area contributed by atoms with Gasteiger partial charge < -0.3 is 4.74 Å². The molecular formula is C15H13F2N7O3S. The van der Waals surface area contributed by atoms with E-state index in [-0.39, 0.29) is 29.5 Å². The average molecular weight is 409 g/mol. The van der Waals surface area contributed by atoms with Crippen LogP contribution in [-0.4, -0.2) is 44.4 Å². The number of nitrogens with zero attached hydrogens (tertiary/aromatic N) is 6. The van der Waals surface area contributed by atoms with Crippen LogP contribution in [0.3, 0.4) is 0 Å². The highest BCUT2D eigenvalue weighted by molar-refractivity contribution is 7.92. The third kappa shape index (κ3) is 2.89. The molecule has 1 N–H and O–H groups in total. The Morgan fingerprint density at radius 1 is 1.21 bits per heavy atom. The number of halogens is 2. The molecule has 0 aliphatic carbocycles. The molecule has 0 aliphatic rings. The quantitative estimate of drug-likeness (QED) is 0.496. The molecule has 28 heavy (non-hydrogen) atoms. The van der Waals surface area contributed by atoms with E-state index in [9.17, 15) is 17.2 Å². The van der Waals surface area contributed by atoms with Gasteiger partial charge >= 0.3 is 16.0 Å². The number of sulfonamides is 1. The number of anilines is 1. The number of fused-ring (bicyclic) bond motifs is 2. The monoisotopic (exact) mass is 409 g/mol. The van der Waals surface area contributed by atoms with E-state index in [4.69, 9.17) is 4.74 Å². The van der Waals surface area contributed by atoms with E-state index in [1.807, 2.05) is 0 Å². The molecule has 146 valence electrons. The van der Waals surface area contributed by atoms with Gasteiger partial charge in [0.1, 0.15) is 5.82 Å². The maximum Gasteiger partial charge on any atom is 0.322 e. The van der Waals surface area contributed by atoms with E-state index in [1.165, 1.54) is 16.8 Å². The van der Waals surface area contributed by atoms with Crippen LogP contribution < -0.4 is 9.46 Å². The van der Waals surface area contributed by atoms with Crippen LogP contribution in [0.2, 0.25) is 0 Å². The van der Waals surface area contributed by atoms with Crippen LogP contribution in [0.15, 0.2) is 29.4 Å².